The number of nitrogens with one attached hydrogen (secondary N) is 2. The van der Waals surface area contributed by atoms with Crippen LogP contribution in [0.1, 0.15) is 22.5 Å². The molecule has 0 radical (unpaired) electrons. The Balaban J connectivity index is 2.12. The fraction of sp³-hybridized carbons (Fsp3) is 0.455. The van der Waals surface area contributed by atoms with Gasteiger partial charge in [0, 0.05) is 23.7 Å². The molecule has 1 saturated heterocycles. The summed E-state index contributed by atoms with van der Waals surface area (Å²) >= 11 is 1.86. The molecular formula is C11H16N4OS. The number of aryl methyl sites for hydroxylation is 1. The highest BCUT2D eigenvalue weighted by atomic mass is 32.2. The average molecular weight is 252 g/mol. The monoisotopic (exact) mass is 252 g/mol. The minimum absolute atomic E-state index is 0.113. The number of nitrogens with two attached hydrogens (primary N) is 1. The summed E-state index contributed by atoms with van der Waals surface area (Å²) in [6.45, 7) is 1.86. The standard InChI is InChI=1S/C11H16N4OS/c1-7-4-10(15-12)9(5-13-7)11(16)14-8-2-3-17-6-8/h4-5,8H,2-3,6,12H2,1H3,(H,13,15)(H,14,16). The molecule has 0 bridgehead atoms. The molecular weight excluding hydrogens is 236 g/mol. The molecule has 1 fully saturated rings. The summed E-state index contributed by atoms with van der Waals surface area (Å²) in [4.78, 5) is 16.2. The third-order valence-electron chi connectivity index (χ3n) is 2.71. The van der Waals surface area contributed by atoms with Crippen LogP contribution in [0, 0.1) is 6.92 Å². The number of rotatable bonds is 3. The van der Waals surface area contributed by atoms with E-state index in [1.807, 2.05) is 18.7 Å². The van der Waals surface area contributed by atoms with Gasteiger partial charge in [0.25, 0.3) is 5.91 Å². The summed E-state index contributed by atoms with van der Waals surface area (Å²) in [5.41, 5.74) is 4.47. The maximum absolute atomic E-state index is 12.0. The molecule has 0 aromatic carbocycles. The van der Waals surface area contributed by atoms with E-state index in [1.54, 1.807) is 12.3 Å². The number of nitrogens with zero attached hydrogens (tertiary/aromatic N) is 1. The molecule has 1 aromatic heterocycles. The molecule has 1 unspecified atom stereocenters. The quantitative estimate of drug-likeness (QED) is 0.550. The lowest BCUT2D eigenvalue weighted by Crippen LogP contribution is -2.35. The molecule has 1 aliphatic rings. The number of hydrazine groups is 1. The van der Waals surface area contributed by atoms with E-state index in [1.165, 1.54) is 0 Å². The summed E-state index contributed by atoms with van der Waals surface area (Å²) in [5.74, 6) is 7.38. The molecule has 1 aliphatic heterocycles. The maximum atomic E-state index is 12.0. The average Bonchev–Trinajstić information content (AvgIpc) is 2.81. The van der Waals surface area contributed by atoms with E-state index in [0.29, 0.717) is 11.3 Å². The number of pyridine rings is 1. The molecule has 0 aliphatic carbocycles. The van der Waals surface area contributed by atoms with Crippen molar-refractivity contribution in [1.82, 2.24) is 10.3 Å². The smallest absolute Gasteiger partial charge is 0.255 e. The Kier molecular flexibility index (Phi) is 3.86. The summed E-state index contributed by atoms with van der Waals surface area (Å²) in [6.07, 6.45) is 2.59. The van der Waals surface area contributed by atoms with Crippen LogP contribution in [-0.2, 0) is 0 Å². The van der Waals surface area contributed by atoms with Gasteiger partial charge in [-0.1, -0.05) is 0 Å². The highest BCUT2D eigenvalue weighted by Crippen LogP contribution is 2.19. The molecule has 2 heterocycles. The van der Waals surface area contributed by atoms with Crippen molar-refractivity contribution in [2.75, 3.05) is 16.9 Å². The van der Waals surface area contributed by atoms with Crippen LogP contribution in [0.15, 0.2) is 12.3 Å². The normalized spacial score (nSPS) is 19.1. The second kappa shape index (κ2) is 5.37. The first kappa shape index (κ1) is 12.2. The first-order valence-electron chi connectivity index (χ1n) is 5.52. The van der Waals surface area contributed by atoms with Crippen LogP contribution in [0.3, 0.4) is 0 Å². The molecule has 0 spiro atoms. The Morgan fingerprint density at radius 2 is 2.47 bits per heavy atom. The summed E-state index contributed by atoms with van der Waals surface area (Å²) < 4.78 is 0. The van der Waals surface area contributed by atoms with Gasteiger partial charge in [-0.05, 0) is 25.2 Å². The predicted octanol–water partition coefficient (Wildman–Crippen LogP) is 0.911. The fourth-order valence-electron chi connectivity index (χ4n) is 1.77. The van der Waals surface area contributed by atoms with Gasteiger partial charge in [0.15, 0.2) is 0 Å². The summed E-state index contributed by atoms with van der Waals surface area (Å²) in [7, 11) is 0. The molecule has 2 rings (SSSR count). The van der Waals surface area contributed by atoms with Gasteiger partial charge in [0.2, 0.25) is 0 Å². The molecule has 5 nitrogen and oxygen atoms in total. The van der Waals surface area contributed by atoms with Crippen LogP contribution in [0.25, 0.3) is 0 Å². The van der Waals surface area contributed by atoms with E-state index >= 15 is 0 Å². The van der Waals surface area contributed by atoms with Gasteiger partial charge in [-0.3, -0.25) is 15.6 Å². The Morgan fingerprint density at radius 3 is 3.12 bits per heavy atom. The molecule has 1 atom stereocenters. The number of nitrogen functional groups attached to an aromatic ring is 1. The highest BCUT2D eigenvalue weighted by Gasteiger charge is 2.20. The van der Waals surface area contributed by atoms with Crippen molar-refractivity contribution in [2.24, 2.45) is 5.84 Å². The predicted molar refractivity (Wildman–Crippen MR) is 70.0 cm³/mol. The fourth-order valence-corrected chi connectivity index (χ4v) is 2.92. The van der Waals surface area contributed by atoms with Crippen LogP contribution in [0.5, 0.6) is 0 Å². The van der Waals surface area contributed by atoms with E-state index in [0.717, 1.165) is 23.6 Å². The zero-order valence-electron chi connectivity index (χ0n) is 9.69. The van der Waals surface area contributed by atoms with Crippen LogP contribution in [0.4, 0.5) is 5.69 Å². The molecule has 1 aromatic rings. The van der Waals surface area contributed by atoms with Gasteiger partial charge in [-0.15, -0.1) is 0 Å². The number of anilines is 1. The Labute approximate surface area is 105 Å². The molecule has 92 valence electrons. The first-order valence-corrected chi connectivity index (χ1v) is 6.68. The van der Waals surface area contributed by atoms with Crippen molar-refractivity contribution in [3.05, 3.63) is 23.5 Å². The Bertz CT molecular complexity index is 418. The number of thioether (sulfide) groups is 1. The number of aromatic nitrogens is 1. The van der Waals surface area contributed by atoms with Gasteiger partial charge < -0.3 is 10.7 Å². The lowest BCUT2D eigenvalue weighted by molar-refractivity contribution is 0.0941. The van der Waals surface area contributed by atoms with Crippen molar-refractivity contribution in [3.63, 3.8) is 0 Å². The van der Waals surface area contributed by atoms with Crippen LogP contribution in [-0.4, -0.2) is 28.4 Å². The maximum Gasteiger partial charge on any atom is 0.255 e. The minimum Gasteiger partial charge on any atom is -0.348 e. The molecule has 17 heavy (non-hydrogen) atoms. The molecule has 0 saturated carbocycles. The Morgan fingerprint density at radius 1 is 1.65 bits per heavy atom. The third-order valence-corrected chi connectivity index (χ3v) is 3.87. The van der Waals surface area contributed by atoms with E-state index in [-0.39, 0.29) is 11.9 Å². The molecule has 6 heteroatoms. The Hall–Kier alpha value is -1.27. The van der Waals surface area contributed by atoms with E-state index in [9.17, 15) is 4.79 Å². The summed E-state index contributed by atoms with van der Waals surface area (Å²) in [5, 5.41) is 2.99. The zero-order valence-corrected chi connectivity index (χ0v) is 10.5. The lowest BCUT2D eigenvalue weighted by Gasteiger charge is -2.13. The summed E-state index contributed by atoms with van der Waals surface area (Å²) in [6, 6.07) is 2.03. The SMILES string of the molecule is Cc1cc(NN)c(C(=O)NC2CCSC2)cn1. The lowest BCUT2D eigenvalue weighted by atomic mass is 10.2. The van der Waals surface area contributed by atoms with Gasteiger partial charge in [-0.25, -0.2) is 0 Å². The first-order chi connectivity index (χ1) is 8.20. The van der Waals surface area contributed by atoms with E-state index in [2.05, 4.69) is 15.7 Å². The van der Waals surface area contributed by atoms with Crippen molar-refractivity contribution < 1.29 is 4.79 Å². The van der Waals surface area contributed by atoms with Crippen molar-refractivity contribution >= 4 is 23.4 Å². The van der Waals surface area contributed by atoms with Crippen molar-refractivity contribution in [2.45, 2.75) is 19.4 Å². The molecule has 4 N–H and O–H groups in total. The van der Waals surface area contributed by atoms with Gasteiger partial charge in [-0.2, -0.15) is 11.8 Å². The van der Waals surface area contributed by atoms with E-state index < -0.39 is 0 Å². The topological polar surface area (TPSA) is 80.0 Å². The van der Waals surface area contributed by atoms with Crippen molar-refractivity contribution in [1.29, 1.82) is 0 Å². The number of hydrogen-bond acceptors (Lipinski definition) is 5. The van der Waals surface area contributed by atoms with Crippen LogP contribution < -0.4 is 16.6 Å². The second-order valence-corrected chi connectivity index (χ2v) is 5.20. The largest absolute Gasteiger partial charge is 0.348 e. The minimum atomic E-state index is -0.113. The number of amides is 1. The van der Waals surface area contributed by atoms with Crippen molar-refractivity contribution in [3.8, 4) is 0 Å². The highest BCUT2D eigenvalue weighted by molar-refractivity contribution is 7.99. The second-order valence-electron chi connectivity index (χ2n) is 4.05. The number of hydrogen-bond donors (Lipinski definition) is 3. The van der Waals surface area contributed by atoms with Crippen LogP contribution in [0.2, 0.25) is 0 Å². The van der Waals surface area contributed by atoms with Crippen LogP contribution >= 0.6 is 11.8 Å². The van der Waals surface area contributed by atoms with E-state index in [4.69, 9.17) is 5.84 Å². The molecule has 1 amide bonds. The van der Waals surface area contributed by atoms with Gasteiger partial charge in [0.05, 0.1) is 11.3 Å². The number of carbonyl (C=O) groups excluding carboxylic acids is 1. The van der Waals surface area contributed by atoms with Gasteiger partial charge in [0.1, 0.15) is 0 Å². The zero-order chi connectivity index (χ0) is 12.3. The third kappa shape index (κ3) is 2.89. The number of carbonyl (C=O) groups is 1. The van der Waals surface area contributed by atoms with Gasteiger partial charge >= 0.3 is 0 Å².